The first-order valence-corrected chi connectivity index (χ1v) is 13.9. The summed E-state index contributed by atoms with van der Waals surface area (Å²) in [5, 5.41) is 3.74. The number of carbonyl (C=O) groups excluding carboxylic acids is 1. The number of piperazine rings is 1. The summed E-state index contributed by atoms with van der Waals surface area (Å²) >= 11 is 1.53. The molecule has 0 saturated carbocycles. The number of halogens is 6. The van der Waals surface area contributed by atoms with Gasteiger partial charge in [-0.3, -0.25) is 4.79 Å². The molecule has 1 N–H and O–H groups in total. The van der Waals surface area contributed by atoms with E-state index < -0.39 is 41.0 Å². The molecule has 4 aromatic rings. The lowest BCUT2D eigenvalue weighted by atomic mass is 9.92. The van der Waals surface area contributed by atoms with Crippen LogP contribution in [0, 0.1) is 0 Å². The van der Waals surface area contributed by atoms with Gasteiger partial charge >= 0.3 is 12.4 Å². The molecule has 12 heteroatoms. The van der Waals surface area contributed by atoms with Gasteiger partial charge < -0.3 is 14.8 Å². The van der Waals surface area contributed by atoms with Crippen LogP contribution < -0.4 is 0 Å². The Morgan fingerprint density at radius 2 is 1.76 bits per heavy atom. The van der Waals surface area contributed by atoms with E-state index in [2.05, 4.69) is 14.9 Å². The van der Waals surface area contributed by atoms with Crippen molar-refractivity contribution in [3.8, 4) is 0 Å². The van der Waals surface area contributed by atoms with Gasteiger partial charge in [-0.15, -0.1) is 11.3 Å². The van der Waals surface area contributed by atoms with Crippen molar-refractivity contribution in [2.45, 2.75) is 43.7 Å². The number of H-pyrrole nitrogens is 1. The van der Waals surface area contributed by atoms with Crippen molar-refractivity contribution in [3.63, 3.8) is 0 Å². The second-order valence-corrected chi connectivity index (χ2v) is 11.2. The van der Waals surface area contributed by atoms with Gasteiger partial charge in [0, 0.05) is 65.1 Å². The van der Waals surface area contributed by atoms with Crippen LogP contribution in [0.1, 0.15) is 44.9 Å². The monoisotopic (exact) mass is 590 g/mol. The van der Waals surface area contributed by atoms with E-state index in [4.69, 9.17) is 0 Å². The quantitative estimate of drug-likeness (QED) is 0.255. The molecule has 1 amide bonds. The van der Waals surface area contributed by atoms with Crippen molar-refractivity contribution in [1.82, 2.24) is 19.8 Å². The number of nitrogens with zero attached hydrogens (tertiary/aromatic N) is 3. The molecule has 2 aromatic heterocycles. The van der Waals surface area contributed by atoms with Crippen molar-refractivity contribution in [3.05, 3.63) is 93.7 Å². The average Bonchev–Trinajstić information content (AvgIpc) is 3.62. The number of carbonyl (C=O) groups is 1. The highest BCUT2D eigenvalue weighted by molar-refractivity contribution is 7.10. The number of rotatable bonds is 4. The molecule has 2 aliphatic rings. The number of aromatic nitrogens is 2. The Hall–Kier alpha value is -3.80. The molecular formula is C29H24F6N4OS. The molecular weight excluding hydrogens is 566 g/mol. The van der Waals surface area contributed by atoms with Crippen LogP contribution in [-0.2, 0) is 18.8 Å². The zero-order valence-corrected chi connectivity index (χ0v) is 22.3. The molecule has 2 aromatic carbocycles. The van der Waals surface area contributed by atoms with Crippen LogP contribution in [0.4, 0.5) is 26.3 Å². The highest BCUT2D eigenvalue weighted by Gasteiger charge is 2.41. The first-order valence-electron chi connectivity index (χ1n) is 13.0. The van der Waals surface area contributed by atoms with Gasteiger partial charge in [-0.25, -0.2) is 4.98 Å². The zero-order chi connectivity index (χ0) is 28.9. The summed E-state index contributed by atoms with van der Waals surface area (Å²) in [7, 11) is 0. The third-order valence-corrected chi connectivity index (χ3v) is 8.59. The molecule has 2 atom stereocenters. The van der Waals surface area contributed by atoms with E-state index in [9.17, 15) is 31.1 Å². The van der Waals surface area contributed by atoms with Crippen molar-refractivity contribution in [2.75, 3.05) is 13.1 Å². The largest absolute Gasteiger partial charge is 0.416 e. The van der Waals surface area contributed by atoms with E-state index in [0.717, 1.165) is 27.0 Å². The molecule has 0 radical (unpaired) electrons. The number of thiazole rings is 1. The lowest BCUT2D eigenvalue weighted by molar-refractivity contribution is -0.143. The summed E-state index contributed by atoms with van der Waals surface area (Å²) in [5.74, 6) is -0.846. The minimum Gasteiger partial charge on any atom is -0.370 e. The third kappa shape index (κ3) is 5.44. The van der Waals surface area contributed by atoms with Gasteiger partial charge in [0.05, 0.1) is 17.2 Å². The standard InChI is InChI=1S/C29H24F6N4OS/c30-28(31,32)20-9-18(10-21(12-20)29(33,34)35)27(40)39-16-22-6-5-17(26-36-7-8-41-26)14-38(22)15-23(39)11-19-13-37-25-4-2-1-3-24(19)25/h1-4,7-10,12-14,22-23,37H,5-6,11,15-16H2/t22-,23-/m1/s1. The molecule has 2 aliphatic heterocycles. The Bertz CT molecular complexity index is 1580. The summed E-state index contributed by atoms with van der Waals surface area (Å²) in [5.41, 5.74) is -0.769. The number of aromatic amines is 1. The van der Waals surface area contributed by atoms with Crippen LogP contribution in [0.5, 0.6) is 0 Å². The van der Waals surface area contributed by atoms with Crippen molar-refractivity contribution in [2.24, 2.45) is 0 Å². The normalized spacial score (nSPS) is 19.8. The van der Waals surface area contributed by atoms with Crippen LogP contribution in [0.3, 0.4) is 0 Å². The number of hydrogen-bond donors (Lipinski definition) is 1. The molecule has 41 heavy (non-hydrogen) atoms. The minimum atomic E-state index is -5.04. The number of alkyl halides is 6. The Balaban J connectivity index is 1.38. The van der Waals surface area contributed by atoms with E-state index in [0.29, 0.717) is 37.9 Å². The molecule has 0 bridgehead atoms. The Morgan fingerprint density at radius 3 is 2.44 bits per heavy atom. The Morgan fingerprint density at radius 1 is 1.02 bits per heavy atom. The van der Waals surface area contributed by atoms with Crippen LogP contribution in [0.25, 0.3) is 16.5 Å². The number of allylic oxidation sites excluding steroid dienone is 1. The molecule has 5 nitrogen and oxygen atoms in total. The van der Waals surface area contributed by atoms with E-state index in [-0.39, 0.29) is 18.7 Å². The highest BCUT2D eigenvalue weighted by Crippen LogP contribution is 2.38. The lowest BCUT2D eigenvalue weighted by Gasteiger charge is -2.48. The first kappa shape index (κ1) is 27.4. The van der Waals surface area contributed by atoms with Gasteiger partial charge in [0.15, 0.2) is 0 Å². The predicted octanol–water partition coefficient (Wildman–Crippen LogP) is 7.23. The van der Waals surface area contributed by atoms with E-state index in [1.165, 1.54) is 16.2 Å². The molecule has 4 heterocycles. The SMILES string of the molecule is O=C(c1cc(C(F)(F)F)cc(C(F)(F)F)c1)N1C[C@H]2CCC(c3nccs3)=CN2C[C@H]1Cc1c[nH]c2ccccc12. The topological polar surface area (TPSA) is 52.2 Å². The Labute approximate surface area is 235 Å². The Kier molecular flexibility index (Phi) is 6.83. The van der Waals surface area contributed by atoms with Gasteiger partial charge in [0.1, 0.15) is 5.01 Å². The maximum atomic E-state index is 13.8. The number of nitrogens with one attached hydrogen (secondary N) is 1. The van der Waals surface area contributed by atoms with Crippen LogP contribution in [-0.4, -0.2) is 50.8 Å². The van der Waals surface area contributed by atoms with Crippen molar-refractivity contribution in [1.29, 1.82) is 0 Å². The molecule has 1 saturated heterocycles. The molecule has 0 spiro atoms. The van der Waals surface area contributed by atoms with Crippen LogP contribution >= 0.6 is 11.3 Å². The van der Waals surface area contributed by atoms with Gasteiger partial charge in [0.2, 0.25) is 0 Å². The summed E-state index contributed by atoms with van der Waals surface area (Å²) < 4.78 is 81.5. The van der Waals surface area contributed by atoms with Crippen molar-refractivity contribution < 1.29 is 31.1 Å². The molecule has 1 fully saturated rings. The third-order valence-electron chi connectivity index (χ3n) is 7.74. The summed E-state index contributed by atoms with van der Waals surface area (Å²) in [4.78, 5) is 25.0. The summed E-state index contributed by atoms with van der Waals surface area (Å²) in [6.45, 7) is 0.543. The first-order chi connectivity index (χ1) is 19.5. The lowest BCUT2D eigenvalue weighted by Crippen LogP contribution is -2.59. The fraction of sp³-hybridized carbons (Fsp3) is 0.310. The predicted molar refractivity (Wildman–Crippen MR) is 143 cm³/mol. The van der Waals surface area contributed by atoms with E-state index >= 15 is 0 Å². The molecule has 6 rings (SSSR count). The van der Waals surface area contributed by atoms with E-state index in [1.54, 1.807) is 6.20 Å². The number of amides is 1. The number of para-hydroxylation sites is 1. The minimum absolute atomic E-state index is 0.0458. The van der Waals surface area contributed by atoms with Crippen molar-refractivity contribution >= 4 is 33.7 Å². The van der Waals surface area contributed by atoms with Gasteiger partial charge in [-0.2, -0.15) is 26.3 Å². The highest BCUT2D eigenvalue weighted by atomic mass is 32.1. The zero-order valence-electron chi connectivity index (χ0n) is 21.5. The van der Waals surface area contributed by atoms with Gasteiger partial charge in [0.25, 0.3) is 5.91 Å². The number of fused-ring (bicyclic) bond motifs is 2. The smallest absolute Gasteiger partial charge is 0.370 e. The molecule has 0 aliphatic carbocycles. The maximum Gasteiger partial charge on any atom is 0.416 e. The number of benzene rings is 2. The maximum absolute atomic E-state index is 13.8. The molecule has 0 unspecified atom stereocenters. The second-order valence-electron chi connectivity index (χ2n) is 10.4. The molecule has 214 valence electrons. The second kappa shape index (κ2) is 10.2. The van der Waals surface area contributed by atoms with Gasteiger partial charge in [-0.05, 0) is 49.1 Å². The number of hydrogen-bond acceptors (Lipinski definition) is 4. The summed E-state index contributed by atoms with van der Waals surface area (Å²) in [6.07, 6.45) is -2.76. The van der Waals surface area contributed by atoms with Crippen LogP contribution in [0.15, 0.2) is 66.4 Å². The average molecular weight is 591 g/mol. The van der Waals surface area contributed by atoms with E-state index in [1.807, 2.05) is 42.0 Å². The van der Waals surface area contributed by atoms with Crippen LogP contribution in [0.2, 0.25) is 0 Å². The van der Waals surface area contributed by atoms with Gasteiger partial charge in [-0.1, -0.05) is 18.2 Å². The summed E-state index contributed by atoms with van der Waals surface area (Å²) in [6, 6.07) is 8.06. The fourth-order valence-electron chi connectivity index (χ4n) is 5.74. The fourth-order valence-corrected chi connectivity index (χ4v) is 6.42.